The molecule has 144 valence electrons. The zero-order valence-electron chi connectivity index (χ0n) is 15.6. The second-order valence-electron chi connectivity index (χ2n) is 7.19. The number of urea groups is 1. The Hall–Kier alpha value is -2.64. The first-order valence-electron chi connectivity index (χ1n) is 9.33. The largest absolute Gasteiger partial charge is 0.493 e. The van der Waals surface area contributed by atoms with E-state index in [9.17, 15) is 9.18 Å². The lowest BCUT2D eigenvalue weighted by molar-refractivity contribution is 0.0739. The van der Waals surface area contributed by atoms with Crippen molar-refractivity contribution in [3.8, 4) is 0 Å². The minimum absolute atomic E-state index is 0.0461. The molecule has 2 amide bonds. The SMILES string of the molecule is Cc1cncc(N2CCN(C(=O)N3C4=C(CC(F)C=C4)OCC3C)CC2)n1. The van der Waals surface area contributed by atoms with E-state index in [4.69, 9.17) is 4.74 Å². The van der Waals surface area contributed by atoms with E-state index in [2.05, 4.69) is 14.9 Å². The molecule has 8 heteroatoms. The summed E-state index contributed by atoms with van der Waals surface area (Å²) in [6.45, 7) is 6.89. The number of hydrogen-bond donors (Lipinski definition) is 0. The van der Waals surface area contributed by atoms with Crippen LogP contribution in [0, 0.1) is 6.92 Å². The zero-order chi connectivity index (χ0) is 19.0. The summed E-state index contributed by atoms with van der Waals surface area (Å²) in [5.74, 6) is 1.42. The molecular formula is C19H24FN5O2. The molecule has 4 rings (SSSR count). The summed E-state index contributed by atoms with van der Waals surface area (Å²) < 4.78 is 19.3. The Morgan fingerprint density at radius 2 is 2.04 bits per heavy atom. The molecule has 0 bridgehead atoms. The Labute approximate surface area is 158 Å². The summed E-state index contributed by atoms with van der Waals surface area (Å²) in [5.41, 5.74) is 1.57. The number of amides is 2. The molecule has 1 fully saturated rings. The van der Waals surface area contributed by atoms with E-state index in [1.54, 1.807) is 23.4 Å². The minimum atomic E-state index is -1.05. The van der Waals surface area contributed by atoms with E-state index in [1.807, 2.05) is 18.7 Å². The van der Waals surface area contributed by atoms with Gasteiger partial charge in [0.05, 0.1) is 23.6 Å². The van der Waals surface area contributed by atoms with Gasteiger partial charge in [-0.2, -0.15) is 0 Å². The number of nitrogens with zero attached hydrogens (tertiary/aromatic N) is 5. The smallest absolute Gasteiger partial charge is 0.325 e. The van der Waals surface area contributed by atoms with Crippen molar-refractivity contribution in [3.05, 3.63) is 41.7 Å². The van der Waals surface area contributed by atoms with E-state index in [1.165, 1.54) is 6.08 Å². The molecule has 1 aromatic rings. The molecule has 2 unspecified atom stereocenters. The summed E-state index contributed by atoms with van der Waals surface area (Å²) in [6.07, 6.45) is 5.81. The first kappa shape index (κ1) is 17.8. The number of rotatable bonds is 1. The minimum Gasteiger partial charge on any atom is -0.493 e. The molecule has 0 radical (unpaired) electrons. The van der Waals surface area contributed by atoms with Gasteiger partial charge in [-0.05, 0) is 26.0 Å². The second-order valence-corrected chi connectivity index (χ2v) is 7.19. The standard InChI is InChI=1S/C19H24FN5O2/c1-13-10-21-11-18(22-13)23-5-7-24(8-6-23)19(26)25-14(2)12-27-17-9-15(20)3-4-16(17)25/h3-4,10-11,14-15H,5-9,12H2,1-2H3. The van der Waals surface area contributed by atoms with Crippen molar-refractivity contribution in [2.75, 3.05) is 37.7 Å². The molecule has 0 N–H and O–H groups in total. The van der Waals surface area contributed by atoms with Crippen molar-refractivity contribution in [3.63, 3.8) is 0 Å². The zero-order valence-corrected chi connectivity index (χ0v) is 15.6. The van der Waals surface area contributed by atoms with Crippen LogP contribution < -0.4 is 4.90 Å². The van der Waals surface area contributed by atoms with Gasteiger partial charge >= 0.3 is 6.03 Å². The predicted molar refractivity (Wildman–Crippen MR) is 98.9 cm³/mol. The van der Waals surface area contributed by atoms with Crippen molar-refractivity contribution in [2.45, 2.75) is 32.5 Å². The molecule has 0 saturated carbocycles. The molecule has 0 aromatic carbocycles. The fourth-order valence-electron chi connectivity index (χ4n) is 3.69. The molecule has 1 aromatic heterocycles. The average Bonchev–Trinajstić information content (AvgIpc) is 2.68. The Kier molecular flexibility index (Phi) is 4.72. The van der Waals surface area contributed by atoms with Gasteiger partial charge in [0.15, 0.2) is 0 Å². The van der Waals surface area contributed by atoms with Crippen LogP contribution in [0.3, 0.4) is 0 Å². The monoisotopic (exact) mass is 373 g/mol. The average molecular weight is 373 g/mol. The van der Waals surface area contributed by atoms with Gasteiger partial charge in [-0.15, -0.1) is 0 Å². The molecule has 2 atom stereocenters. The third-order valence-electron chi connectivity index (χ3n) is 5.15. The number of aromatic nitrogens is 2. The number of allylic oxidation sites excluding steroid dienone is 3. The van der Waals surface area contributed by atoms with Gasteiger partial charge in [-0.1, -0.05) is 0 Å². The maximum atomic E-state index is 13.6. The van der Waals surface area contributed by atoms with Crippen molar-refractivity contribution in [2.24, 2.45) is 0 Å². The van der Waals surface area contributed by atoms with Crippen LogP contribution >= 0.6 is 0 Å². The van der Waals surface area contributed by atoms with Crippen molar-refractivity contribution >= 4 is 11.8 Å². The highest BCUT2D eigenvalue weighted by atomic mass is 19.1. The highest BCUT2D eigenvalue weighted by Gasteiger charge is 2.36. The molecular weight excluding hydrogens is 349 g/mol. The molecule has 3 heterocycles. The predicted octanol–water partition coefficient (Wildman–Crippen LogP) is 2.26. The third-order valence-corrected chi connectivity index (χ3v) is 5.15. The number of halogens is 1. The topological polar surface area (TPSA) is 61.8 Å². The van der Waals surface area contributed by atoms with Crippen LogP contribution in [0.2, 0.25) is 0 Å². The lowest BCUT2D eigenvalue weighted by Crippen LogP contribution is -2.56. The Morgan fingerprint density at radius 1 is 1.26 bits per heavy atom. The summed E-state index contributed by atoms with van der Waals surface area (Å²) in [6, 6.07) is -0.132. The number of piperazine rings is 1. The Bertz CT molecular complexity index is 788. The van der Waals surface area contributed by atoms with Gasteiger partial charge in [-0.25, -0.2) is 14.2 Å². The lowest BCUT2D eigenvalue weighted by atomic mass is 10.0. The molecule has 0 spiro atoms. The number of aryl methyl sites for hydroxylation is 1. The normalized spacial score (nSPS) is 25.4. The molecule has 2 aliphatic heterocycles. The number of carbonyl (C=O) groups excluding carboxylic acids is 1. The van der Waals surface area contributed by atoms with E-state index in [0.717, 1.165) is 11.5 Å². The lowest BCUT2D eigenvalue weighted by Gasteiger charge is -2.42. The second kappa shape index (κ2) is 7.17. The first-order valence-corrected chi connectivity index (χ1v) is 9.33. The quantitative estimate of drug-likeness (QED) is 0.756. The van der Waals surface area contributed by atoms with Crippen LogP contribution in [0.1, 0.15) is 19.0 Å². The van der Waals surface area contributed by atoms with Gasteiger partial charge in [-0.3, -0.25) is 9.88 Å². The van der Waals surface area contributed by atoms with Gasteiger partial charge in [0, 0.05) is 38.8 Å². The highest BCUT2D eigenvalue weighted by Crippen LogP contribution is 2.31. The fourth-order valence-corrected chi connectivity index (χ4v) is 3.69. The Morgan fingerprint density at radius 3 is 2.78 bits per heavy atom. The first-order chi connectivity index (χ1) is 13.0. The van der Waals surface area contributed by atoms with E-state index in [-0.39, 0.29) is 18.5 Å². The number of alkyl halides is 1. The molecule has 3 aliphatic rings. The number of hydrogen-bond acceptors (Lipinski definition) is 5. The summed E-state index contributed by atoms with van der Waals surface area (Å²) in [4.78, 5) is 27.6. The molecule has 1 aliphatic carbocycles. The van der Waals surface area contributed by atoms with Gasteiger partial charge in [0.2, 0.25) is 0 Å². The molecule has 27 heavy (non-hydrogen) atoms. The van der Waals surface area contributed by atoms with E-state index >= 15 is 0 Å². The third kappa shape index (κ3) is 3.48. The summed E-state index contributed by atoms with van der Waals surface area (Å²) >= 11 is 0. The van der Waals surface area contributed by atoms with Crippen LogP contribution in [-0.2, 0) is 4.74 Å². The van der Waals surface area contributed by atoms with Crippen LogP contribution in [0.4, 0.5) is 15.0 Å². The number of ether oxygens (including phenoxy) is 1. The van der Waals surface area contributed by atoms with Crippen LogP contribution in [0.25, 0.3) is 0 Å². The van der Waals surface area contributed by atoms with Crippen molar-refractivity contribution < 1.29 is 13.9 Å². The summed E-state index contributed by atoms with van der Waals surface area (Å²) in [5, 5.41) is 0. The van der Waals surface area contributed by atoms with Crippen LogP contribution in [-0.4, -0.2) is 70.8 Å². The van der Waals surface area contributed by atoms with Crippen molar-refractivity contribution in [1.82, 2.24) is 19.8 Å². The maximum absolute atomic E-state index is 13.6. The Balaban J connectivity index is 1.46. The van der Waals surface area contributed by atoms with Crippen molar-refractivity contribution in [1.29, 1.82) is 0 Å². The van der Waals surface area contributed by atoms with Crippen LogP contribution in [0.5, 0.6) is 0 Å². The number of anilines is 1. The van der Waals surface area contributed by atoms with Crippen LogP contribution in [0.15, 0.2) is 36.0 Å². The summed E-state index contributed by atoms with van der Waals surface area (Å²) in [7, 11) is 0. The molecule has 1 saturated heterocycles. The van der Waals surface area contributed by atoms with E-state index < -0.39 is 6.17 Å². The highest BCUT2D eigenvalue weighted by molar-refractivity contribution is 5.78. The maximum Gasteiger partial charge on any atom is 0.325 e. The van der Waals surface area contributed by atoms with Gasteiger partial charge < -0.3 is 14.5 Å². The van der Waals surface area contributed by atoms with E-state index in [0.29, 0.717) is 44.2 Å². The molecule has 7 nitrogen and oxygen atoms in total. The fraction of sp³-hybridized carbons (Fsp3) is 0.526. The van der Waals surface area contributed by atoms with Gasteiger partial charge in [0.1, 0.15) is 24.4 Å². The van der Waals surface area contributed by atoms with Gasteiger partial charge in [0.25, 0.3) is 0 Å². The number of carbonyl (C=O) groups is 1.